The van der Waals surface area contributed by atoms with Crippen molar-refractivity contribution in [3.8, 4) is 0 Å². The first-order chi connectivity index (χ1) is 14.5. The number of nitrogens with zero attached hydrogens (tertiary/aromatic N) is 4. The largest absolute Gasteiger partial charge is 1.00 e. The van der Waals surface area contributed by atoms with Crippen LogP contribution in [0.1, 0.15) is 32.3 Å². The van der Waals surface area contributed by atoms with Crippen LogP contribution in [0.2, 0.25) is 0 Å². The number of hydrogen-bond acceptors (Lipinski definition) is 4. The second-order valence-electron chi connectivity index (χ2n) is 7.85. The predicted octanol–water partition coefficient (Wildman–Crippen LogP) is 1.15. The van der Waals surface area contributed by atoms with Crippen molar-refractivity contribution in [1.29, 1.82) is 0 Å². The van der Waals surface area contributed by atoms with Crippen LogP contribution in [0.5, 0.6) is 0 Å². The Morgan fingerprint density at radius 3 is 2.26 bits per heavy atom. The zero-order valence-corrected chi connectivity index (χ0v) is 19.6. The highest BCUT2D eigenvalue weighted by atomic mass is 79.9. The van der Waals surface area contributed by atoms with Gasteiger partial charge in [-0.3, -0.25) is 19.5 Å². The molecule has 0 radical (unpaired) electrons. The van der Waals surface area contributed by atoms with Gasteiger partial charge in [-0.05, 0) is 37.1 Å². The maximum Gasteiger partial charge on any atom is 0.269 e. The zero-order chi connectivity index (χ0) is 21.6. The zero-order valence-electron chi connectivity index (χ0n) is 18.0. The summed E-state index contributed by atoms with van der Waals surface area (Å²) in [6.45, 7) is 8.49. The molecular formula is C23H29BrN4O3. The fraction of sp³-hybridized carbons (Fsp3) is 0.391. The summed E-state index contributed by atoms with van der Waals surface area (Å²) in [6.07, 6.45) is 3.69. The van der Waals surface area contributed by atoms with Crippen molar-refractivity contribution in [2.45, 2.75) is 39.8 Å². The van der Waals surface area contributed by atoms with E-state index < -0.39 is 0 Å². The summed E-state index contributed by atoms with van der Waals surface area (Å²) in [7, 11) is 0. The second-order valence-corrected chi connectivity index (χ2v) is 7.85. The van der Waals surface area contributed by atoms with E-state index in [2.05, 4.69) is 18.8 Å². The first-order valence-electron chi connectivity index (χ1n) is 10.5. The molecular weight excluding hydrogens is 460 g/mol. The molecule has 0 aliphatic carbocycles. The lowest BCUT2D eigenvalue weighted by atomic mass is 10.1. The molecule has 0 amide bonds. The van der Waals surface area contributed by atoms with Crippen molar-refractivity contribution in [2.24, 2.45) is 0 Å². The number of fused-ring (bicyclic) bond motifs is 1. The highest BCUT2D eigenvalue weighted by Gasteiger charge is 2.26. The van der Waals surface area contributed by atoms with Gasteiger partial charge in [0.05, 0.1) is 48.3 Å². The van der Waals surface area contributed by atoms with Crippen molar-refractivity contribution < 1.29 is 26.4 Å². The third-order valence-corrected chi connectivity index (χ3v) is 5.61. The van der Waals surface area contributed by atoms with Gasteiger partial charge in [-0.15, -0.1) is 0 Å². The molecule has 1 heterocycles. The predicted molar refractivity (Wildman–Crippen MR) is 118 cm³/mol. The van der Waals surface area contributed by atoms with E-state index in [4.69, 9.17) is 0 Å². The first-order valence-corrected chi connectivity index (χ1v) is 10.5. The first kappa shape index (κ1) is 24.7. The summed E-state index contributed by atoms with van der Waals surface area (Å²) in [5.41, 5.74) is 1.89. The summed E-state index contributed by atoms with van der Waals surface area (Å²) < 4.78 is 2.54. The second kappa shape index (κ2) is 11.2. The monoisotopic (exact) mass is 488 g/mol. The Bertz CT molecular complexity index is 1060. The van der Waals surface area contributed by atoms with E-state index >= 15 is 0 Å². The van der Waals surface area contributed by atoms with E-state index in [0.717, 1.165) is 49.1 Å². The van der Waals surface area contributed by atoms with Crippen molar-refractivity contribution in [3.63, 3.8) is 0 Å². The molecule has 0 atom stereocenters. The third kappa shape index (κ3) is 5.98. The van der Waals surface area contributed by atoms with Gasteiger partial charge < -0.3 is 21.5 Å². The molecule has 0 spiro atoms. The van der Waals surface area contributed by atoms with Gasteiger partial charge in [-0.25, -0.2) is 4.98 Å². The van der Waals surface area contributed by atoms with Gasteiger partial charge in [-0.1, -0.05) is 26.0 Å². The van der Waals surface area contributed by atoms with Crippen molar-refractivity contribution in [3.05, 3.63) is 80.9 Å². The fourth-order valence-corrected chi connectivity index (χ4v) is 4.22. The van der Waals surface area contributed by atoms with Crippen LogP contribution < -0.4 is 22.5 Å². The van der Waals surface area contributed by atoms with Crippen LogP contribution in [0.15, 0.2) is 59.7 Å². The number of benzene rings is 2. The van der Waals surface area contributed by atoms with Gasteiger partial charge in [0.1, 0.15) is 6.54 Å². The molecule has 8 heteroatoms. The van der Waals surface area contributed by atoms with Gasteiger partial charge in [0.2, 0.25) is 0 Å². The third-order valence-electron chi connectivity index (χ3n) is 5.61. The molecule has 0 unspecified atom stereocenters. The number of aromatic nitrogens is 2. The Morgan fingerprint density at radius 2 is 1.65 bits per heavy atom. The number of nitro benzene ring substituents is 1. The number of nitro groups is 1. The van der Waals surface area contributed by atoms with Crippen LogP contribution in [-0.4, -0.2) is 38.6 Å². The average molecular weight is 489 g/mol. The number of non-ortho nitro benzene ring substituents is 1. The molecule has 0 N–H and O–H groups in total. The van der Waals surface area contributed by atoms with Gasteiger partial charge in [-0.2, -0.15) is 0 Å². The number of halogens is 1. The lowest BCUT2D eigenvalue weighted by molar-refractivity contribution is -0.941. The molecule has 3 aromatic rings. The van der Waals surface area contributed by atoms with Gasteiger partial charge in [0, 0.05) is 17.7 Å². The number of para-hydroxylation sites is 1. The topological polar surface area (TPSA) is 78.0 Å². The summed E-state index contributed by atoms with van der Waals surface area (Å²) >= 11 is 0. The fourth-order valence-electron chi connectivity index (χ4n) is 4.22. The number of rotatable bonds is 10. The molecule has 1 aromatic heterocycles. The number of quaternary nitrogens is 1. The Kier molecular flexibility index (Phi) is 8.88. The van der Waals surface area contributed by atoms with Gasteiger partial charge >= 0.3 is 0 Å². The normalized spacial score (nSPS) is 11.3. The van der Waals surface area contributed by atoms with E-state index in [9.17, 15) is 14.9 Å². The minimum Gasteiger partial charge on any atom is -1.00 e. The van der Waals surface area contributed by atoms with Gasteiger partial charge in [0.15, 0.2) is 0 Å². The highest BCUT2D eigenvalue weighted by Crippen LogP contribution is 2.20. The molecule has 0 bridgehead atoms. The average Bonchev–Trinajstić information content (AvgIpc) is 2.74. The minimum absolute atomic E-state index is 0. The van der Waals surface area contributed by atoms with Crippen molar-refractivity contribution >= 4 is 16.6 Å². The van der Waals surface area contributed by atoms with Crippen LogP contribution in [0.3, 0.4) is 0 Å². The van der Waals surface area contributed by atoms with Crippen LogP contribution in [0, 0.1) is 10.1 Å². The summed E-state index contributed by atoms with van der Waals surface area (Å²) in [6, 6.07) is 14.2. The molecule has 0 fully saturated rings. The van der Waals surface area contributed by atoms with E-state index in [-0.39, 0.29) is 33.2 Å². The summed E-state index contributed by atoms with van der Waals surface area (Å²) in [5.74, 6) is 0. The highest BCUT2D eigenvalue weighted by molar-refractivity contribution is 5.76. The molecule has 166 valence electrons. The SMILES string of the molecule is CCC[N+](CCC)(CCn1cnc2ccccc2c1=O)Cc1ccc([N+](=O)[O-])cc1.[Br-]. The summed E-state index contributed by atoms with van der Waals surface area (Å²) in [5, 5.41) is 11.6. The summed E-state index contributed by atoms with van der Waals surface area (Å²) in [4.78, 5) is 27.9. The van der Waals surface area contributed by atoms with Crippen LogP contribution in [0.4, 0.5) is 5.69 Å². The van der Waals surface area contributed by atoms with E-state index in [1.54, 1.807) is 23.0 Å². The minimum atomic E-state index is -0.372. The lowest BCUT2D eigenvalue weighted by Gasteiger charge is -2.39. The molecule has 31 heavy (non-hydrogen) atoms. The van der Waals surface area contributed by atoms with Crippen molar-refractivity contribution in [1.82, 2.24) is 9.55 Å². The van der Waals surface area contributed by atoms with Crippen LogP contribution in [-0.2, 0) is 13.1 Å². The maximum absolute atomic E-state index is 12.9. The quantitative estimate of drug-likeness (QED) is 0.243. The molecule has 7 nitrogen and oxygen atoms in total. The molecule has 2 aromatic carbocycles. The molecule has 0 saturated carbocycles. The van der Waals surface area contributed by atoms with Crippen LogP contribution in [0.25, 0.3) is 10.9 Å². The Balaban J connectivity index is 0.00000341. The number of hydrogen-bond donors (Lipinski definition) is 0. The lowest BCUT2D eigenvalue weighted by Crippen LogP contribution is -3.00. The van der Waals surface area contributed by atoms with Crippen molar-refractivity contribution in [2.75, 3.05) is 19.6 Å². The smallest absolute Gasteiger partial charge is 0.269 e. The van der Waals surface area contributed by atoms with E-state index in [0.29, 0.717) is 17.4 Å². The molecule has 3 rings (SSSR count). The van der Waals surface area contributed by atoms with Crippen LogP contribution >= 0.6 is 0 Å². The molecule has 0 aliphatic heterocycles. The standard InChI is InChI=1S/C23H29N4O3.BrH/c1-3-14-27(15-4-2,17-19-9-11-20(12-10-19)26(29)30)16-13-25-18-24-22-8-6-5-7-21(22)23(25)28;/h5-12,18H,3-4,13-17H2,1-2H3;1H/q+1;/p-1. The van der Waals surface area contributed by atoms with Gasteiger partial charge in [0.25, 0.3) is 11.2 Å². The molecule has 0 aliphatic rings. The molecule has 0 saturated heterocycles. The maximum atomic E-state index is 12.9. The van der Waals surface area contributed by atoms with E-state index in [1.807, 2.05) is 36.4 Å². The Labute approximate surface area is 192 Å². The van der Waals surface area contributed by atoms with E-state index in [1.165, 1.54) is 0 Å². The Hall–Kier alpha value is -2.58. The Morgan fingerprint density at radius 1 is 1.00 bits per heavy atom.